The van der Waals surface area contributed by atoms with Gasteiger partial charge in [-0.1, -0.05) is 24.6 Å². The quantitative estimate of drug-likeness (QED) is 0.655. The molecule has 10 heavy (non-hydrogen) atoms. The molecule has 0 heterocycles. The molecular weight excluding hydrogens is 166 g/mol. The predicted octanol–water partition coefficient (Wildman–Crippen LogP) is 2.21. The molecule has 0 aromatic heterocycles. The van der Waals surface area contributed by atoms with Crippen LogP contribution in [0.5, 0.6) is 0 Å². The summed E-state index contributed by atoms with van der Waals surface area (Å²) in [5.41, 5.74) is 7.22. The van der Waals surface area contributed by atoms with Gasteiger partial charge in [-0.15, -0.1) is 0 Å². The Balaban J connectivity index is 3.03. The second-order valence-corrected chi connectivity index (χ2v) is 3.39. The molecule has 0 fully saturated rings. The monoisotopic (exact) mass is 179 g/mol. The van der Waals surface area contributed by atoms with Crippen molar-refractivity contribution in [3.63, 3.8) is 0 Å². The zero-order chi connectivity index (χ0) is 7.82. The van der Waals surface area contributed by atoms with Crippen molar-refractivity contribution in [1.29, 1.82) is 0 Å². The van der Waals surface area contributed by atoms with E-state index in [1.54, 1.807) is 5.54 Å². The molecule has 0 spiro atoms. The summed E-state index contributed by atoms with van der Waals surface area (Å²) in [5, 5.41) is 0. The third kappa shape index (κ3) is 6.46. The predicted molar refractivity (Wildman–Crippen MR) is 50.6 cm³/mol. The average Bonchev–Trinajstić information content (AvgIpc) is 1.98. The maximum absolute atomic E-state index is 5.68. The van der Waals surface area contributed by atoms with Crippen LogP contribution in [-0.2, 0) is 0 Å². The third-order valence-electron chi connectivity index (χ3n) is 1.16. The number of thioether (sulfide) groups is 1. The highest BCUT2D eigenvalue weighted by molar-refractivity contribution is 7.99. The minimum Gasteiger partial charge on any atom is -0.327 e. The molecule has 0 aliphatic carbocycles. The van der Waals surface area contributed by atoms with Crippen molar-refractivity contribution in [3.05, 3.63) is 11.6 Å². The topological polar surface area (TPSA) is 26.0 Å². The van der Waals surface area contributed by atoms with Crippen LogP contribution in [0.3, 0.4) is 0 Å². The molecule has 0 saturated carbocycles. The lowest BCUT2D eigenvalue weighted by Crippen LogP contribution is -2.21. The first kappa shape index (κ1) is 10.3. The molecule has 0 bridgehead atoms. The highest BCUT2D eigenvalue weighted by Gasteiger charge is 1.95. The van der Waals surface area contributed by atoms with Crippen molar-refractivity contribution in [1.82, 2.24) is 0 Å². The highest BCUT2D eigenvalue weighted by Crippen LogP contribution is 2.03. The summed E-state index contributed by atoms with van der Waals surface area (Å²) in [4.78, 5) is 0. The fourth-order valence-corrected chi connectivity index (χ4v) is 1.54. The van der Waals surface area contributed by atoms with E-state index in [9.17, 15) is 0 Å². The molecule has 0 saturated heterocycles. The maximum atomic E-state index is 5.68. The zero-order valence-corrected chi connectivity index (χ0v) is 7.79. The van der Waals surface area contributed by atoms with E-state index in [0.717, 1.165) is 17.9 Å². The first-order valence-electron chi connectivity index (χ1n) is 3.39. The summed E-state index contributed by atoms with van der Waals surface area (Å²) in [6.45, 7) is 2.10. The normalized spacial score (nSPS) is 14.3. The van der Waals surface area contributed by atoms with Gasteiger partial charge in [0.1, 0.15) is 0 Å². The molecule has 0 radical (unpaired) electrons. The smallest absolute Gasteiger partial charge is 0.0127 e. The SMILES string of the molecule is CCC(N)CSCC=CCl. The van der Waals surface area contributed by atoms with Crippen molar-refractivity contribution in [3.8, 4) is 0 Å². The second kappa shape index (κ2) is 7.45. The summed E-state index contributed by atoms with van der Waals surface area (Å²) >= 11 is 7.14. The summed E-state index contributed by atoms with van der Waals surface area (Å²) in [7, 11) is 0. The number of halogens is 1. The van der Waals surface area contributed by atoms with E-state index in [4.69, 9.17) is 17.3 Å². The molecule has 60 valence electrons. The van der Waals surface area contributed by atoms with E-state index >= 15 is 0 Å². The van der Waals surface area contributed by atoms with Crippen LogP contribution in [0.25, 0.3) is 0 Å². The Morgan fingerprint density at radius 2 is 2.40 bits per heavy atom. The van der Waals surface area contributed by atoms with Crippen molar-refractivity contribution in [2.45, 2.75) is 19.4 Å². The molecule has 3 heteroatoms. The lowest BCUT2D eigenvalue weighted by Gasteiger charge is -2.05. The summed E-state index contributed by atoms with van der Waals surface area (Å²) in [5.74, 6) is 1.99. The number of nitrogens with two attached hydrogens (primary N) is 1. The lowest BCUT2D eigenvalue weighted by molar-refractivity contribution is 0.725. The molecule has 2 N–H and O–H groups in total. The van der Waals surface area contributed by atoms with E-state index in [-0.39, 0.29) is 0 Å². The zero-order valence-electron chi connectivity index (χ0n) is 6.22. The molecule has 0 amide bonds. The van der Waals surface area contributed by atoms with Crippen LogP contribution in [0, 0.1) is 0 Å². The molecule has 0 rings (SSSR count). The van der Waals surface area contributed by atoms with Gasteiger partial charge in [0, 0.05) is 23.1 Å². The molecule has 1 unspecified atom stereocenters. The minimum absolute atomic E-state index is 0.341. The molecule has 0 aromatic rings. The largest absolute Gasteiger partial charge is 0.327 e. The lowest BCUT2D eigenvalue weighted by atomic mass is 10.3. The maximum Gasteiger partial charge on any atom is 0.0127 e. The first-order valence-corrected chi connectivity index (χ1v) is 4.99. The standard InChI is InChI=1S/C7H14ClNS/c1-2-7(9)6-10-5-3-4-8/h3-4,7H,2,5-6,9H2,1H3. The Morgan fingerprint density at radius 3 is 2.90 bits per heavy atom. The van der Waals surface area contributed by atoms with Gasteiger partial charge in [-0.25, -0.2) is 0 Å². The fourth-order valence-electron chi connectivity index (χ4n) is 0.442. The molecule has 1 nitrogen and oxygen atoms in total. The van der Waals surface area contributed by atoms with Gasteiger partial charge in [-0.05, 0) is 6.42 Å². The Bertz CT molecular complexity index is 95.6. The summed E-state index contributed by atoms with van der Waals surface area (Å²) in [6, 6.07) is 0.341. The molecular formula is C7H14ClNS. The van der Waals surface area contributed by atoms with E-state index < -0.39 is 0 Å². The third-order valence-corrected chi connectivity index (χ3v) is 2.43. The van der Waals surface area contributed by atoms with Crippen LogP contribution in [0.4, 0.5) is 0 Å². The van der Waals surface area contributed by atoms with Crippen molar-refractivity contribution < 1.29 is 0 Å². The van der Waals surface area contributed by atoms with Gasteiger partial charge in [0.15, 0.2) is 0 Å². The van der Waals surface area contributed by atoms with Gasteiger partial charge >= 0.3 is 0 Å². The van der Waals surface area contributed by atoms with Crippen LogP contribution < -0.4 is 5.73 Å². The van der Waals surface area contributed by atoms with Gasteiger partial charge in [0.05, 0.1) is 0 Å². The Kier molecular flexibility index (Phi) is 7.70. The van der Waals surface area contributed by atoms with E-state index in [1.165, 1.54) is 0 Å². The van der Waals surface area contributed by atoms with Gasteiger partial charge in [-0.2, -0.15) is 11.8 Å². The Morgan fingerprint density at radius 1 is 1.70 bits per heavy atom. The second-order valence-electron chi connectivity index (χ2n) is 2.07. The minimum atomic E-state index is 0.341. The van der Waals surface area contributed by atoms with Crippen LogP contribution in [0.2, 0.25) is 0 Å². The van der Waals surface area contributed by atoms with Crippen molar-refractivity contribution >= 4 is 23.4 Å². The van der Waals surface area contributed by atoms with E-state index in [1.807, 2.05) is 17.8 Å². The first-order chi connectivity index (χ1) is 4.81. The van der Waals surface area contributed by atoms with E-state index in [2.05, 4.69) is 6.92 Å². The van der Waals surface area contributed by atoms with Gasteiger partial charge < -0.3 is 5.73 Å². The highest BCUT2D eigenvalue weighted by atomic mass is 35.5. The van der Waals surface area contributed by atoms with Gasteiger partial charge in [0.25, 0.3) is 0 Å². The van der Waals surface area contributed by atoms with Gasteiger partial charge in [-0.3, -0.25) is 0 Å². The van der Waals surface area contributed by atoms with E-state index in [0.29, 0.717) is 6.04 Å². The number of hydrogen-bond donors (Lipinski definition) is 1. The molecule has 0 aliphatic heterocycles. The number of rotatable bonds is 5. The molecule has 0 aliphatic rings. The number of hydrogen-bond acceptors (Lipinski definition) is 2. The fraction of sp³-hybridized carbons (Fsp3) is 0.714. The molecule has 1 atom stereocenters. The van der Waals surface area contributed by atoms with Crippen LogP contribution in [0.15, 0.2) is 11.6 Å². The Hall–Kier alpha value is 0.340. The van der Waals surface area contributed by atoms with Crippen LogP contribution in [-0.4, -0.2) is 17.5 Å². The van der Waals surface area contributed by atoms with Crippen LogP contribution >= 0.6 is 23.4 Å². The average molecular weight is 180 g/mol. The molecule has 0 aromatic carbocycles. The van der Waals surface area contributed by atoms with Crippen LogP contribution in [0.1, 0.15) is 13.3 Å². The summed E-state index contributed by atoms with van der Waals surface area (Å²) < 4.78 is 0. The Labute approximate surface area is 72.0 Å². The van der Waals surface area contributed by atoms with Gasteiger partial charge in [0.2, 0.25) is 0 Å². The summed E-state index contributed by atoms with van der Waals surface area (Å²) in [6.07, 6.45) is 2.98. The van der Waals surface area contributed by atoms with Crippen molar-refractivity contribution in [2.75, 3.05) is 11.5 Å². The van der Waals surface area contributed by atoms with Crippen molar-refractivity contribution in [2.24, 2.45) is 5.73 Å².